The second-order valence-corrected chi connectivity index (χ2v) is 5.11. The first kappa shape index (κ1) is 11.3. The maximum absolute atomic E-state index is 5.01. The monoisotopic (exact) mass is 255 g/mol. The third-order valence-corrected chi connectivity index (χ3v) is 3.29. The highest BCUT2D eigenvalue weighted by molar-refractivity contribution is 7.71. The van der Waals surface area contributed by atoms with Crippen molar-refractivity contribution in [2.75, 3.05) is 0 Å². The number of pyridine rings is 1. The molecule has 2 aromatic heterocycles. The van der Waals surface area contributed by atoms with Crippen LogP contribution >= 0.6 is 12.2 Å². The second-order valence-electron chi connectivity index (χ2n) is 4.72. The Morgan fingerprint density at radius 1 is 1.17 bits per heavy atom. The van der Waals surface area contributed by atoms with Gasteiger partial charge in [0.15, 0.2) is 4.77 Å². The summed E-state index contributed by atoms with van der Waals surface area (Å²) in [6.45, 7) is 4.38. The Hall–Kier alpha value is -1.81. The van der Waals surface area contributed by atoms with Crippen molar-refractivity contribution in [1.29, 1.82) is 0 Å². The molecule has 0 atom stereocenters. The summed E-state index contributed by atoms with van der Waals surface area (Å²) in [7, 11) is 0. The van der Waals surface area contributed by atoms with E-state index in [1.165, 1.54) is 5.56 Å². The van der Waals surface area contributed by atoms with Gasteiger partial charge in [-0.2, -0.15) is 0 Å². The van der Waals surface area contributed by atoms with Gasteiger partial charge in [0.05, 0.1) is 5.52 Å². The highest BCUT2D eigenvalue weighted by Crippen LogP contribution is 2.22. The van der Waals surface area contributed by atoms with Crippen LogP contribution in [0.2, 0.25) is 0 Å². The van der Waals surface area contributed by atoms with Gasteiger partial charge in [-0.3, -0.25) is 0 Å². The third-order valence-electron chi connectivity index (χ3n) is 3.08. The molecule has 1 N–H and O–H groups in total. The van der Waals surface area contributed by atoms with Crippen molar-refractivity contribution in [2.24, 2.45) is 0 Å². The Labute approximate surface area is 110 Å². The Balaban J connectivity index is 2.34. The minimum atomic E-state index is 0.466. The number of aromatic amines is 1. The maximum atomic E-state index is 5.01. The summed E-state index contributed by atoms with van der Waals surface area (Å²) in [4.78, 5) is 11.7. The molecule has 0 saturated carbocycles. The van der Waals surface area contributed by atoms with Crippen LogP contribution in [0, 0.1) is 4.77 Å². The lowest BCUT2D eigenvalue weighted by atomic mass is 10.0. The van der Waals surface area contributed by atoms with E-state index in [9.17, 15) is 0 Å². The van der Waals surface area contributed by atoms with Crippen LogP contribution in [-0.2, 0) is 0 Å². The van der Waals surface area contributed by atoms with E-state index in [1.807, 2.05) is 0 Å². The Bertz CT molecular complexity index is 790. The number of nitrogens with zero attached hydrogens (tertiary/aromatic N) is 2. The third kappa shape index (κ3) is 1.88. The Morgan fingerprint density at radius 3 is 2.78 bits per heavy atom. The van der Waals surface area contributed by atoms with E-state index < -0.39 is 0 Å². The summed E-state index contributed by atoms with van der Waals surface area (Å²) < 4.78 is 0.466. The van der Waals surface area contributed by atoms with Gasteiger partial charge >= 0.3 is 0 Å². The highest BCUT2D eigenvalue weighted by Gasteiger charge is 2.04. The van der Waals surface area contributed by atoms with Gasteiger partial charge in [-0.1, -0.05) is 19.9 Å². The molecular formula is C14H13N3S. The molecule has 2 heterocycles. The maximum Gasteiger partial charge on any atom is 0.198 e. The van der Waals surface area contributed by atoms with Crippen LogP contribution in [0.4, 0.5) is 0 Å². The molecule has 0 aliphatic carbocycles. The molecule has 0 saturated heterocycles. The summed E-state index contributed by atoms with van der Waals surface area (Å²) in [5.41, 5.74) is 3.09. The molecule has 0 unspecified atom stereocenters. The molecule has 0 aliphatic heterocycles. The molecule has 0 fully saturated rings. The van der Waals surface area contributed by atoms with Crippen molar-refractivity contribution in [3.8, 4) is 0 Å². The second kappa shape index (κ2) is 4.14. The van der Waals surface area contributed by atoms with E-state index in [2.05, 4.69) is 53.1 Å². The van der Waals surface area contributed by atoms with Gasteiger partial charge in [-0.05, 0) is 41.9 Å². The number of fused-ring (bicyclic) bond motifs is 2. The van der Waals surface area contributed by atoms with Crippen LogP contribution in [0.3, 0.4) is 0 Å². The zero-order valence-electron chi connectivity index (χ0n) is 10.3. The first-order valence-electron chi connectivity index (χ1n) is 5.93. The number of aromatic nitrogens is 3. The number of hydrogen-bond donors (Lipinski definition) is 1. The van der Waals surface area contributed by atoms with E-state index >= 15 is 0 Å². The summed E-state index contributed by atoms with van der Waals surface area (Å²) >= 11 is 5.01. The Morgan fingerprint density at radius 2 is 2.00 bits per heavy atom. The predicted octanol–water partition coefficient (Wildman–Crippen LogP) is 3.96. The van der Waals surface area contributed by atoms with E-state index in [0.717, 1.165) is 21.9 Å². The number of benzene rings is 1. The lowest BCUT2D eigenvalue weighted by Gasteiger charge is -2.07. The summed E-state index contributed by atoms with van der Waals surface area (Å²) in [6.07, 6.45) is 1.77. The number of H-pyrrole nitrogens is 1. The Kier molecular flexibility index (Phi) is 2.59. The van der Waals surface area contributed by atoms with Crippen molar-refractivity contribution in [3.63, 3.8) is 0 Å². The van der Waals surface area contributed by atoms with Gasteiger partial charge in [-0.15, -0.1) is 0 Å². The fraction of sp³-hybridized carbons (Fsp3) is 0.214. The van der Waals surface area contributed by atoms with Gasteiger partial charge in [0.25, 0.3) is 0 Å². The van der Waals surface area contributed by atoms with E-state index in [4.69, 9.17) is 12.2 Å². The lowest BCUT2D eigenvalue weighted by molar-refractivity contribution is 0.868. The normalized spacial score (nSPS) is 11.5. The standard InChI is InChI=1S/C14H13N3S/c1-8(2)9-3-4-12-10(5-9)6-11-7-15-14(18)17-13(11)16-12/h3-8H,1-2H3,(H,15,16,17,18). The molecule has 18 heavy (non-hydrogen) atoms. The van der Waals surface area contributed by atoms with Gasteiger partial charge in [0.2, 0.25) is 0 Å². The van der Waals surface area contributed by atoms with Gasteiger partial charge in [0, 0.05) is 17.0 Å². The van der Waals surface area contributed by atoms with E-state index in [1.54, 1.807) is 6.20 Å². The number of hydrogen-bond acceptors (Lipinski definition) is 3. The molecule has 3 nitrogen and oxygen atoms in total. The van der Waals surface area contributed by atoms with Gasteiger partial charge in [-0.25, -0.2) is 9.97 Å². The van der Waals surface area contributed by atoms with Crippen LogP contribution in [-0.4, -0.2) is 15.0 Å². The molecule has 0 aliphatic rings. The molecule has 0 bridgehead atoms. The zero-order chi connectivity index (χ0) is 12.7. The fourth-order valence-corrected chi connectivity index (χ4v) is 2.18. The average Bonchev–Trinajstić information content (AvgIpc) is 2.35. The fourth-order valence-electron chi connectivity index (χ4n) is 2.03. The molecule has 0 radical (unpaired) electrons. The van der Waals surface area contributed by atoms with Crippen molar-refractivity contribution in [3.05, 3.63) is 40.8 Å². The van der Waals surface area contributed by atoms with Crippen LogP contribution in [0.15, 0.2) is 30.5 Å². The molecule has 90 valence electrons. The van der Waals surface area contributed by atoms with Crippen molar-refractivity contribution in [1.82, 2.24) is 15.0 Å². The van der Waals surface area contributed by atoms with Crippen LogP contribution in [0.25, 0.3) is 21.9 Å². The lowest BCUT2D eigenvalue weighted by Crippen LogP contribution is -1.91. The largest absolute Gasteiger partial charge is 0.315 e. The zero-order valence-corrected chi connectivity index (χ0v) is 11.1. The SMILES string of the molecule is CC(C)c1ccc2nc3[nH]c(=S)ncc3cc2c1. The van der Waals surface area contributed by atoms with Crippen molar-refractivity contribution >= 4 is 34.2 Å². The van der Waals surface area contributed by atoms with Gasteiger partial charge in [0.1, 0.15) is 5.65 Å². The first-order valence-corrected chi connectivity index (χ1v) is 6.34. The minimum absolute atomic E-state index is 0.466. The molecule has 0 spiro atoms. The van der Waals surface area contributed by atoms with Crippen LogP contribution in [0.1, 0.15) is 25.3 Å². The van der Waals surface area contributed by atoms with Crippen molar-refractivity contribution < 1.29 is 0 Å². The molecule has 4 heteroatoms. The average molecular weight is 255 g/mol. The summed E-state index contributed by atoms with van der Waals surface area (Å²) in [5.74, 6) is 0.518. The first-order chi connectivity index (χ1) is 8.63. The number of nitrogens with one attached hydrogen (secondary N) is 1. The smallest absolute Gasteiger partial charge is 0.198 e. The highest BCUT2D eigenvalue weighted by atomic mass is 32.1. The topological polar surface area (TPSA) is 41.6 Å². The number of rotatable bonds is 1. The predicted molar refractivity (Wildman–Crippen MR) is 76.3 cm³/mol. The summed E-state index contributed by atoms with van der Waals surface area (Å²) in [6, 6.07) is 8.47. The quantitative estimate of drug-likeness (QED) is 0.528. The molecule has 3 rings (SSSR count). The van der Waals surface area contributed by atoms with Crippen molar-refractivity contribution in [2.45, 2.75) is 19.8 Å². The van der Waals surface area contributed by atoms with E-state index in [0.29, 0.717) is 10.7 Å². The molecule has 1 aromatic carbocycles. The van der Waals surface area contributed by atoms with E-state index in [-0.39, 0.29) is 0 Å². The molecule has 0 amide bonds. The van der Waals surface area contributed by atoms with Gasteiger partial charge < -0.3 is 4.98 Å². The molecule has 3 aromatic rings. The minimum Gasteiger partial charge on any atom is -0.315 e. The molecular weight excluding hydrogens is 242 g/mol. The van der Waals surface area contributed by atoms with Crippen LogP contribution < -0.4 is 0 Å². The summed E-state index contributed by atoms with van der Waals surface area (Å²) in [5, 5.41) is 2.12. The van der Waals surface area contributed by atoms with Crippen LogP contribution in [0.5, 0.6) is 0 Å².